The summed E-state index contributed by atoms with van der Waals surface area (Å²) in [5.74, 6) is -0.651. The van der Waals surface area contributed by atoms with Gasteiger partial charge in [-0.1, -0.05) is 12.1 Å². The molecule has 1 atom stereocenters. The van der Waals surface area contributed by atoms with Crippen LogP contribution in [0.3, 0.4) is 0 Å². The lowest BCUT2D eigenvalue weighted by atomic mass is 10.1. The van der Waals surface area contributed by atoms with Gasteiger partial charge in [0, 0.05) is 25.6 Å². The number of likely N-dealkylation sites (tertiary alicyclic amines) is 1. The number of carbonyl (C=O) groups excluding carboxylic acids is 1. The summed E-state index contributed by atoms with van der Waals surface area (Å²) in [6.07, 6.45) is 0.779. The maximum absolute atomic E-state index is 12.1. The molecular formula is C14H18N2O5. The van der Waals surface area contributed by atoms with Crippen LogP contribution in [0.4, 0.5) is 10.5 Å². The minimum Gasteiger partial charge on any atom is -0.480 e. The topological polar surface area (TPSA) is 99.1 Å². The second-order valence-corrected chi connectivity index (χ2v) is 4.89. The first-order valence-electron chi connectivity index (χ1n) is 6.70. The van der Waals surface area contributed by atoms with Gasteiger partial charge < -0.3 is 25.2 Å². The molecular weight excluding hydrogens is 276 g/mol. The number of urea groups is 1. The van der Waals surface area contributed by atoms with Crippen molar-refractivity contribution >= 4 is 17.7 Å². The number of carboxylic acid groups (broad SMARTS) is 1. The molecule has 21 heavy (non-hydrogen) atoms. The van der Waals surface area contributed by atoms with Gasteiger partial charge >= 0.3 is 12.0 Å². The minimum absolute atomic E-state index is 0.0715. The average Bonchev–Trinajstić information content (AvgIpc) is 2.95. The van der Waals surface area contributed by atoms with Crippen molar-refractivity contribution in [1.82, 2.24) is 4.90 Å². The van der Waals surface area contributed by atoms with Crippen molar-refractivity contribution in [2.24, 2.45) is 5.92 Å². The molecule has 1 aromatic carbocycles. The quantitative estimate of drug-likeness (QED) is 0.752. The van der Waals surface area contributed by atoms with E-state index in [1.54, 1.807) is 29.2 Å². The zero-order valence-electron chi connectivity index (χ0n) is 11.5. The molecule has 0 radical (unpaired) electrons. The number of carbonyl (C=O) groups is 2. The van der Waals surface area contributed by atoms with E-state index in [1.165, 1.54) is 0 Å². The van der Waals surface area contributed by atoms with Crippen LogP contribution in [0.2, 0.25) is 0 Å². The Morgan fingerprint density at radius 2 is 2.14 bits per heavy atom. The summed E-state index contributed by atoms with van der Waals surface area (Å²) < 4.78 is 5.13. The van der Waals surface area contributed by atoms with E-state index >= 15 is 0 Å². The first-order valence-corrected chi connectivity index (χ1v) is 6.70. The number of nitrogens with zero attached hydrogens (tertiary/aromatic N) is 1. The van der Waals surface area contributed by atoms with Gasteiger partial charge in [-0.25, -0.2) is 9.59 Å². The fourth-order valence-corrected chi connectivity index (χ4v) is 2.20. The van der Waals surface area contributed by atoms with Crippen LogP contribution in [0.1, 0.15) is 6.42 Å². The highest BCUT2D eigenvalue weighted by Gasteiger charge is 2.26. The van der Waals surface area contributed by atoms with Gasteiger partial charge in [-0.2, -0.15) is 0 Å². The maximum Gasteiger partial charge on any atom is 0.341 e. The Morgan fingerprint density at radius 3 is 2.81 bits per heavy atom. The number of benzene rings is 1. The fraction of sp³-hybridized carbons (Fsp3) is 0.429. The number of hydrogen-bond donors (Lipinski definition) is 3. The minimum atomic E-state index is -1.08. The van der Waals surface area contributed by atoms with E-state index in [4.69, 9.17) is 14.9 Å². The number of aliphatic hydroxyl groups is 1. The largest absolute Gasteiger partial charge is 0.480 e. The molecule has 1 fully saturated rings. The molecule has 2 amide bonds. The highest BCUT2D eigenvalue weighted by atomic mass is 16.5. The van der Waals surface area contributed by atoms with Crippen LogP contribution in [0.25, 0.3) is 0 Å². The molecule has 1 heterocycles. The number of para-hydroxylation sites is 2. The Kier molecular flexibility index (Phi) is 4.99. The number of rotatable bonds is 5. The monoisotopic (exact) mass is 294 g/mol. The summed E-state index contributed by atoms with van der Waals surface area (Å²) in [6, 6.07) is 6.39. The van der Waals surface area contributed by atoms with Crippen LogP contribution in [0.15, 0.2) is 24.3 Å². The van der Waals surface area contributed by atoms with Crippen molar-refractivity contribution in [2.45, 2.75) is 6.42 Å². The van der Waals surface area contributed by atoms with Crippen molar-refractivity contribution < 1.29 is 24.5 Å². The van der Waals surface area contributed by atoms with E-state index in [0.717, 1.165) is 6.42 Å². The number of aliphatic hydroxyl groups excluding tert-OH is 1. The Bertz CT molecular complexity index is 520. The summed E-state index contributed by atoms with van der Waals surface area (Å²) in [7, 11) is 0. The lowest BCUT2D eigenvalue weighted by molar-refractivity contribution is -0.139. The van der Waals surface area contributed by atoms with E-state index in [0.29, 0.717) is 24.5 Å². The Labute approximate surface area is 122 Å². The normalized spacial score (nSPS) is 17.6. The van der Waals surface area contributed by atoms with E-state index in [2.05, 4.69) is 5.32 Å². The number of hydrogen-bond acceptors (Lipinski definition) is 4. The van der Waals surface area contributed by atoms with Gasteiger partial charge in [-0.3, -0.25) is 0 Å². The molecule has 7 heteroatoms. The second kappa shape index (κ2) is 6.94. The van der Waals surface area contributed by atoms with Crippen molar-refractivity contribution in [2.75, 3.05) is 31.6 Å². The van der Waals surface area contributed by atoms with Crippen LogP contribution >= 0.6 is 0 Å². The Balaban J connectivity index is 1.99. The molecule has 3 N–H and O–H groups in total. The molecule has 1 aliphatic rings. The van der Waals surface area contributed by atoms with Crippen LogP contribution in [-0.4, -0.2) is 53.4 Å². The van der Waals surface area contributed by atoms with E-state index in [9.17, 15) is 9.59 Å². The van der Waals surface area contributed by atoms with Crippen molar-refractivity contribution in [3.63, 3.8) is 0 Å². The van der Waals surface area contributed by atoms with Crippen molar-refractivity contribution in [3.05, 3.63) is 24.3 Å². The third-order valence-electron chi connectivity index (χ3n) is 3.31. The van der Waals surface area contributed by atoms with Crippen LogP contribution < -0.4 is 10.1 Å². The van der Waals surface area contributed by atoms with Gasteiger partial charge in [0.1, 0.15) is 5.75 Å². The molecule has 0 saturated carbocycles. The number of carboxylic acids is 1. The first kappa shape index (κ1) is 15.1. The number of aliphatic carboxylic acids is 1. The molecule has 1 saturated heterocycles. The molecule has 1 aromatic rings. The van der Waals surface area contributed by atoms with Gasteiger partial charge in [-0.05, 0) is 18.6 Å². The number of nitrogens with one attached hydrogen (secondary N) is 1. The van der Waals surface area contributed by atoms with E-state index < -0.39 is 12.6 Å². The van der Waals surface area contributed by atoms with E-state index in [1.807, 2.05) is 0 Å². The van der Waals surface area contributed by atoms with Crippen LogP contribution in [-0.2, 0) is 4.79 Å². The third kappa shape index (κ3) is 4.09. The Hall–Kier alpha value is -2.28. The molecule has 7 nitrogen and oxygen atoms in total. The predicted octanol–water partition coefficient (Wildman–Crippen LogP) is 0.996. The highest BCUT2D eigenvalue weighted by molar-refractivity contribution is 5.91. The Morgan fingerprint density at radius 1 is 1.38 bits per heavy atom. The first-order chi connectivity index (χ1) is 10.1. The van der Waals surface area contributed by atoms with Gasteiger partial charge in [0.2, 0.25) is 0 Å². The zero-order valence-corrected chi connectivity index (χ0v) is 11.5. The van der Waals surface area contributed by atoms with Crippen LogP contribution in [0, 0.1) is 5.92 Å². The predicted molar refractivity (Wildman–Crippen MR) is 75.4 cm³/mol. The summed E-state index contributed by atoms with van der Waals surface area (Å²) in [4.78, 5) is 24.3. The summed E-state index contributed by atoms with van der Waals surface area (Å²) in [5.41, 5.74) is 0.427. The van der Waals surface area contributed by atoms with Crippen molar-refractivity contribution in [1.29, 1.82) is 0 Å². The lowest BCUT2D eigenvalue weighted by Gasteiger charge is -2.18. The van der Waals surface area contributed by atoms with Gasteiger partial charge in [0.15, 0.2) is 6.61 Å². The number of amides is 2. The fourth-order valence-electron chi connectivity index (χ4n) is 2.20. The summed E-state index contributed by atoms with van der Waals surface area (Å²) >= 11 is 0. The van der Waals surface area contributed by atoms with Crippen molar-refractivity contribution in [3.8, 4) is 5.75 Å². The lowest BCUT2D eigenvalue weighted by Crippen LogP contribution is -2.33. The molecule has 2 rings (SSSR count). The van der Waals surface area contributed by atoms with Gasteiger partial charge in [-0.15, -0.1) is 0 Å². The molecule has 0 spiro atoms. The average molecular weight is 294 g/mol. The standard InChI is InChI=1S/C14H18N2O5/c17-8-10-5-6-16(7-10)14(20)15-11-3-1-2-4-12(11)21-9-13(18)19/h1-4,10,17H,5-9H2,(H,15,20)(H,18,19). The molecule has 1 aliphatic heterocycles. The molecule has 114 valence electrons. The van der Waals surface area contributed by atoms with E-state index in [-0.39, 0.29) is 18.6 Å². The molecule has 1 unspecified atom stereocenters. The highest BCUT2D eigenvalue weighted by Crippen LogP contribution is 2.25. The van der Waals surface area contributed by atoms with Gasteiger partial charge in [0.25, 0.3) is 0 Å². The second-order valence-electron chi connectivity index (χ2n) is 4.89. The smallest absolute Gasteiger partial charge is 0.341 e. The SMILES string of the molecule is O=C(O)COc1ccccc1NC(=O)N1CCC(CO)C1. The zero-order chi connectivity index (χ0) is 15.2. The number of anilines is 1. The molecule has 0 aliphatic carbocycles. The molecule has 0 bridgehead atoms. The summed E-state index contributed by atoms with van der Waals surface area (Å²) in [6.45, 7) is 0.709. The van der Waals surface area contributed by atoms with Gasteiger partial charge in [0.05, 0.1) is 5.69 Å². The number of ether oxygens (including phenoxy) is 1. The summed E-state index contributed by atoms with van der Waals surface area (Å²) in [5, 5.41) is 20.4. The van der Waals surface area contributed by atoms with Crippen LogP contribution in [0.5, 0.6) is 5.75 Å². The third-order valence-corrected chi connectivity index (χ3v) is 3.31. The molecule has 0 aromatic heterocycles. The maximum atomic E-state index is 12.1.